The highest BCUT2D eigenvalue weighted by Crippen LogP contribution is 2.17. The van der Waals surface area contributed by atoms with Gasteiger partial charge in [0, 0.05) is 49.3 Å². The maximum absolute atomic E-state index is 12.7. The van der Waals surface area contributed by atoms with Crippen LogP contribution in [0.15, 0.2) is 79.0 Å². The van der Waals surface area contributed by atoms with Crippen molar-refractivity contribution in [3.63, 3.8) is 0 Å². The molecule has 0 atom stereocenters. The highest BCUT2D eigenvalue weighted by Gasteiger charge is 2.21. The highest BCUT2D eigenvalue weighted by atomic mass is 16.2. The fourth-order valence-corrected chi connectivity index (χ4v) is 3.52. The average molecular weight is 415 g/mol. The molecule has 31 heavy (non-hydrogen) atoms. The molecule has 1 aliphatic rings. The summed E-state index contributed by atoms with van der Waals surface area (Å²) in [6.45, 7) is 3.21. The number of carbonyl (C=O) groups excluding carboxylic acids is 2. The van der Waals surface area contributed by atoms with Gasteiger partial charge in [-0.1, -0.05) is 30.3 Å². The Bertz CT molecular complexity index is 1020. The third-order valence-corrected chi connectivity index (χ3v) is 5.22. The van der Waals surface area contributed by atoms with Crippen molar-refractivity contribution in [3.8, 4) is 0 Å². The first-order chi connectivity index (χ1) is 15.2. The van der Waals surface area contributed by atoms with Crippen LogP contribution in [0.5, 0.6) is 0 Å². The van der Waals surface area contributed by atoms with Crippen molar-refractivity contribution in [3.05, 3.63) is 90.3 Å². The molecule has 7 heteroatoms. The van der Waals surface area contributed by atoms with E-state index in [2.05, 4.69) is 32.7 Å². The third-order valence-electron chi connectivity index (χ3n) is 5.22. The molecule has 0 aliphatic carbocycles. The SMILES string of the molecule is O=C(NCc1ccccn1)c1cccc(NC(=O)N2CCN(c3ccccc3)CC2)c1. The van der Waals surface area contributed by atoms with Crippen LogP contribution in [0.3, 0.4) is 0 Å². The van der Waals surface area contributed by atoms with E-state index >= 15 is 0 Å². The van der Waals surface area contributed by atoms with Crippen LogP contribution in [-0.4, -0.2) is 48.0 Å². The molecule has 1 aromatic heterocycles. The predicted molar refractivity (Wildman–Crippen MR) is 121 cm³/mol. The lowest BCUT2D eigenvalue weighted by Crippen LogP contribution is -2.50. The summed E-state index contributed by atoms with van der Waals surface area (Å²) in [6, 6.07) is 22.6. The average Bonchev–Trinajstić information content (AvgIpc) is 2.84. The van der Waals surface area contributed by atoms with E-state index < -0.39 is 0 Å². The first kappa shape index (κ1) is 20.4. The number of nitrogens with zero attached hydrogens (tertiary/aromatic N) is 3. The first-order valence-corrected chi connectivity index (χ1v) is 10.3. The van der Waals surface area contributed by atoms with E-state index in [1.807, 2.05) is 36.4 Å². The molecule has 0 radical (unpaired) electrons. The highest BCUT2D eigenvalue weighted by molar-refractivity contribution is 5.96. The number of urea groups is 1. The summed E-state index contributed by atoms with van der Waals surface area (Å²) >= 11 is 0. The van der Waals surface area contributed by atoms with Crippen molar-refractivity contribution in [1.82, 2.24) is 15.2 Å². The van der Waals surface area contributed by atoms with Gasteiger partial charge in [-0.15, -0.1) is 0 Å². The number of nitrogens with one attached hydrogen (secondary N) is 2. The van der Waals surface area contributed by atoms with Crippen molar-refractivity contribution in [1.29, 1.82) is 0 Å². The molecule has 0 spiro atoms. The molecule has 158 valence electrons. The number of para-hydroxylation sites is 1. The van der Waals surface area contributed by atoms with Gasteiger partial charge in [-0.05, 0) is 42.5 Å². The zero-order valence-corrected chi connectivity index (χ0v) is 17.2. The number of benzene rings is 2. The molecule has 1 aliphatic heterocycles. The number of piperazine rings is 1. The van der Waals surface area contributed by atoms with E-state index in [1.165, 1.54) is 5.69 Å². The molecule has 0 unspecified atom stereocenters. The lowest BCUT2D eigenvalue weighted by atomic mass is 10.2. The number of amides is 3. The fraction of sp³-hybridized carbons (Fsp3) is 0.208. The van der Waals surface area contributed by atoms with Crippen molar-refractivity contribution in [2.24, 2.45) is 0 Å². The van der Waals surface area contributed by atoms with Crippen LogP contribution in [0.4, 0.5) is 16.2 Å². The Morgan fingerprint density at radius 2 is 1.65 bits per heavy atom. The molecule has 3 amide bonds. The zero-order valence-electron chi connectivity index (χ0n) is 17.2. The zero-order chi connectivity index (χ0) is 21.5. The molecule has 1 fully saturated rings. The number of anilines is 2. The quantitative estimate of drug-likeness (QED) is 0.670. The van der Waals surface area contributed by atoms with Gasteiger partial charge in [0.25, 0.3) is 5.91 Å². The minimum atomic E-state index is -0.210. The Morgan fingerprint density at radius 1 is 0.871 bits per heavy atom. The number of hydrogen-bond donors (Lipinski definition) is 2. The molecule has 2 N–H and O–H groups in total. The van der Waals surface area contributed by atoms with Gasteiger partial charge in [-0.3, -0.25) is 9.78 Å². The summed E-state index contributed by atoms with van der Waals surface area (Å²) in [5, 5.41) is 5.76. The Balaban J connectivity index is 1.30. The van der Waals surface area contributed by atoms with E-state index in [0.717, 1.165) is 18.8 Å². The maximum atomic E-state index is 12.7. The number of carbonyl (C=O) groups is 2. The van der Waals surface area contributed by atoms with Crippen LogP contribution in [0, 0.1) is 0 Å². The van der Waals surface area contributed by atoms with Crippen LogP contribution in [0.1, 0.15) is 16.1 Å². The Kier molecular flexibility index (Phi) is 6.42. The number of aromatic nitrogens is 1. The third kappa shape index (κ3) is 5.39. The number of rotatable bonds is 5. The van der Waals surface area contributed by atoms with Crippen molar-refractivity contribution >= 4 is 23.3 Å². The maximum Gasteiger partial charge on any atom is 0.321 e. The van der Waals surface area contributed by atoms with Crippen molar-refractivity contribution in [2.75, 3.05) is 36.4 Å². The molecule has 4 rings (SSSR count). The van der Waals surface area contributed by atoms with Gasteiger partial charge in [0.05, 0.1) is 12.2 Å². The fourth-order valence-electron chi connectivity index (χ4n) is 3.52. The lowest BCUT2D eigenvalue weighted by Gasteiger charge is -2.36. The second-order valence-corrected chi connectivity index (χ2v) is 7.32. The van der Waals surface area contributed by atoms with Crippen molar-refractivity contribution in [2.45, 2.75) is 6.54 Å². The summed E-state index contributed by atoms with van der Waals surface area (Å²) in [6.07, 6.45) is 1.69. The van der Waals surface area contributed by atoms with Crippen LogP contribution < -0.4 is 15.5 Å². The van der Waals surface area contributed by atoms with Gasteiger partial charge in [-0.2, -0.15) is 0 Å². The molecule has 0 bridgehead atoms. The van der Waals surface area contributed by atoms with Crippen LogP contribution >= 0.6 is 0 Å². The lowest BCUT2D eigenvalue weighted by molar-refractivity contribution is 0.0950. The van der Waals surface area contributed by atoms with Crippen LogP contribution in [-0.2, 0) is 6.54 Å². The summed E-state index contributed by atoms with van der Waals surface area (Å²) in [5.74, 6) is -0.210. The van der Waals surface area contributed by atoms with Gasteiger partial charge in [0.15, 0.2) is 0 Å². The molecule has 3 aromatic rings. The largest absolute Gasteiger partial charge is 0.368 e. The van der Waals surface area contributed by atoms with Gasteiger partial charge >= 0.3 is 6.03 Å². The number of pyridine rings is 1. The normalized spacial score (nSPS) is 13.5. The molecule has 7 nitrogen and oxygen atoms in total. The Labute approximate surface area is 181 Å². The topological polar surface area (TPSA) is 77.6 Å². The molecule has 2 aromatic carbocycles. The van der Waals surface area contributed by atoms with Crippen LogP contribution in [0.25, 0.3) is 0 Å². The second kappa shape index (κ2) is 9.75. The minimum absolute atomic E-state index is 0.154. The van der Waals surface area contributed by atoms with E-state index in [9.17, 15) is 9.59 Å². The molecular formula is C24H25N5O2. The number of hydrogen-bond acceptors (Lipinski definition) is 4. The molecular weight excluding hydrogens is 390 g/mol. The van der Waals surface area contributed by atoms with E-state index in [-0.39, 0.29) is 11.9 Å². The van der Waals surface area contributed by atoms with Crippen molar-refractivity contribution < 1.29 is 9.59 Å². The van der Waals surface area contributed by atoms with Gasteiger partial charge in [0.1, 0.15) is 0 Å². The van der Waals surface area contributed by atoms with E-state index in [0.29, 0.717) is 30.9 Å². The Morgan fingerprint density at radius 3 is 2.39 bits per heavy atom. The second-order valence-electron chi connectivity index (χ2n) is 7.32. The monoisotopic (exact) mass is 415 g/mol. The van der Waals surface area contributed by atoms with E-state index in [4.69, 9.17) is 0 Å². The predicted octanol–water partition coefficient (Wildman–Crippen LogP) is 3.37. The van der Waals surface area contributed by atoms with Crippen LogP contribution in [0.2, 0.25) is 0 Å². The minimum Gasteiger partial charge on any atom is -0.368 e. The Hall–Kier alpha value is -3.87. The van der Waals surface area contributed by atoms with Gasteiger partial charge in [0.2, 0.25) is 0 Å². The summed E-state index contributed by atoms with van der Waals surface area (Å²) in [7, 11) is 0. The standard InChI is InChI=1S/C24H25N5O2/c30-23(26-18-21-8-4-5-12-25-21)19-7-6-9-20(17-19)27-24(31)29-15-13-28(14-16-29)22-10-2-1-3-11-22/h1-12,17H,13-16,18H2,(H,26,30)(H,27,31). The van der Waals surface area contributed by atoms with E-state index in [1.54, 1.807) is 35.4 Å². The smallest absolute Gasteiger partial charge is 0.321 e. The first-order valence-electron chi connectivity index (χ1n) is 10.3. The summed E-state index contributed by atoms with van der Waals surface area (Å²) in [4.78, 5) is 33.4. The molecule has 0 saturated carbocycles. The summed E-state index contributed by atoms with van der Waals surface area (Å²) in [5.41, 5.74) is 3.05. The summed E-state index contributed by atoms with van der Waals surface area (Å²) < 4.78 is 0. The molecule has 1 saturated heterocycles. The molecule has 2 heterocycles. The van der Waals surface area contributed by atoms with Gasteiger partial charge < -0.3 is 20.4 Å². The van der Waals surface area contributed by atoms with Gasteiger partial charge in [-0.25, -0.2) is 4.79 Å².